The Morgan fingerprint density at radius 3 is 2.38 bits per heavy atom. The highest BCUT2D eigenvalue weighted by Gasteiger charge is 2.32. The molecule has 1 heterocycles. The molecule has 0 radical (unpaired) electrons. The number of nitrogens with zero attached hydrogens (tertiary/aromatic N) is 3. The molecule has 1 aliphatic rings. The Balaban J connectivity index is 1.78. The van der Waals surface area contributed by atoms with Crippen molar-refractivity contribution < 1.29 is 14.0 Å². The lowest BCUT2D eigenvalue weighted by atomic mass is 10.0. The molecule has 2 amide bonds. The summed E-state index contributed by atoms with van der Waals surface area (Å²) in [6.07, 6.45) is 2.44. The van der Waals surface area contributed by atoms with Crippen LogP contribution in [0.15, 0.2) is 60.7 Å². The van der Waals surface area contributed by atoms with Crippen molar-refractivity contribution in [1.29, 1.82) is 0 Å². The molecule has 39 heavy (non-hydrogen) atoms. The van der Waals surface area contributed by atoms with Gasteiger partial charge in [0.25, 0.3) is 11.8 Å². The van der Waals surface area contributed by atoms with E-state index in [0.29, 0.717) is 40.9 Å². The van der Waals surface area contributed by atoms with Crippen LogP contribution in [0, 0.1) is 5.82 Å². The summed E-state index contributed by atoms with van der Waals surface area (Å²) >= 11 is 12.6. The molecule has 0 aliphatic carbocycles. The van der Waals surface area contributed by atoms with Crippen molar-refractivity contribution in [1.82, 2.24) is 9.80 Å². The molecule has 0 saturated carbocycles. The van der Waals surface area contributed by atoms with Gasteiger partial charge in [0.05, 0.1) is 17.4 Å². The molecule has 0 bridgehead atoms. The van der Waals surface area contributed by atoms with E-state index in [0.717, 1.165) is 31.4 Å². The van der Waals surface area contributed by atoms with Gasteiger partial charge >= 0.3 is 0 Å². The van der Waals surface area contributed by atoms with Crippen molar-refractivity contribution in [2.75, 3.05) is 24.5 Å². The molecule has 3 aromatic rings. The summed E-state index contributed by atoms with van der Waals surface area (Å²) in [5.41, 5.74) is 7.74. The van der Waals surface area contributed by atoms with Gasteiger partial charge in [0.2, 0.25) is 0 Å². The van der Waals surface area contributed by atoms with Gasteiger partial charge in [-0.05, 0) is 87.2 Å². The second kappa shape index (κ2) is 12.8. The number of carbonyl (C=O) groups is 2. The van der Waals surface area contributed by atoms with Gasteiger partial charge in [-0.15, -0.1) is 0 Å². The van der Waals surface area contributed by atoms with Crippen LogP contribution in [0.2, 0.25) is 10.0 Å². The number of anilines is 2. The number of amides is 2. The number of likely N-dealkylation sites (tertiary alicyclic amines) is 1. The van der Waals surface area contributed by atoms with Gasteiger partial charge in [-0.2, -0.15) is 0 Å². The first-order valence-corrected chi connectivity index (χ1v) is 14.0. The van der Waals surface area contributed by atoms with Gasteiger partial charge in [0, 0.05) is 47.5 Å². The van der Waals surface area contributed by atoms with Crippen LogP contribution in [-0.4, -0.2) is 47.4 Å². The predicted molar refractivity (Wildman–Crippen MR) is 155 cm³/mol. The third kappa shape index (κ3) is 6.38. The first-order valence-electron chi connectivity index (χ1n) is 13.2. The van der Waals surface area contributed by atoms with E-state index < -0.39 is 11.7 Å². The number of hydrogen-bond donors (Lipinski definition) is 1. The molecule has 3 aromatic carbocycles. The number of nitrogens with two attached hydrogens (primary N) is 1. The van der Waals surface area contributed by atoms with E-state index in [2.05, 4.69) is 4.90 Å². The van der Waals surface area contributed by atoms with Crippen LogP contribution in [0.5, 0.6) is 0 Å². The van der Waals surface area contributed by atoms with Gasteiger partial charge in [-0.3, -0.25) is 14.5 Å². The Labute approximate surface area is 239 Å². The van der Waals surface area contributed by atoms with E-state index in [9.17, 15) is 9.59 Å². The summed E-state index contributed by atoms with van der Waals surface area (Å²) in [4.78, 5) is 30.8. The highest BCUT2D eigenvalue weighted by Crippen LogP contribution is 2.37. The number of primary amides is 1. The van der Waals surface area contributed by atoms with Gasteiger partial charge in [0.15, 0.2) is 5.82 Å². The Bertz CT molecular complexity index is 1330. The number of halogens is 3. The highest BCUT2D eigenvalue weighted by molar-refractivity contribution is 6.35. The predicted octanol–water partition coefficient (Wildman–Crippen LogP) is 6.86. The number of carbonyl (C=O) groups excluding carboxylic acids is 2. The summed E-state index contributed by atoms with van der Waals surface area (Å²) in [6, 6.07) is 17.3. The third-order valence-electron chi connectivity index (χ3n) is 7.21. The summed E-state index contributed by atoms with van der Waals surface area (Å²) < 4.78 is 15.8. The van der Waals surface area contributed by atoms with E-state index in [1.54, 1.807) is 41.3 Å². The summed E-state index contributed by atoms with van der Waals surface area (Å²) in [5, 5.41) is 1.13. The summed E-state index contributed by atoms with van der Waals surface area (Å²) in [7, 11) is 0. The molecule has 1 unspecified atom stereocenters. The monoisotopic (exact) mass is 570 g/mol. The molecule has 0 aromatic heterocycles. The third-order valence-corrected chi connectivity index (χ3v) is 7.80. The molecule has 206 valence electrons. The van der Waals surface area contributed by atoms with E-state index in [1.807, 2.05) is 36.9 Å². The van der Waals surface area contributed by atoms with Gasteiger partial charge in [-0.1, -0.05) is 35.3 Å². The van der Waals surface area contributed by atoms with Gasteiger partial charge in [0.1, 0.15) is 0 Å². The lowest BCUT2D eigenvalue weighted by Gasteiger charge is -2.44. The minimum Gasteiger partial charge on any atom is -0.366 e. The van der Waals surface area contributed by atoms with E-state index in [4.69, 9.17) is 28.9 Å². The van der Waals surface area contributed by atoms with Crippen molar-refractivity contribution in [3.05, 3.63) is 93.2 Å². The molecule has 9 heteroatoms. The van der Waals surface area contributed by atoms with Gasteiger partial charge < -0.3 is 15.5 Å². The minimum atomic E-state index is -0.831. The normalized spacial score (nSPS) is 15.7. The van der Waals surface area contributed by atoms with Crippen LogP contribution in [-0.2, 0) is 6.54 Å². The van der Waals surface area contributed by atoms with Crippen LogP contribution in [0.4, 0.5) is 15.8 Å². The zero-order valence-corrected chi connectivity index (χ0v) is 23.7. The summed E-state index contributed by atoms with van der Waals surface area (Å²) in [5.74, 6) is -1.57. The Morgan fingerprint density at radius 2 is 1.74 bits per heavy atom. The molecular formula is C30H33Cl2FN4O2. The zero-order valence-electron chi connectivity index (χ0n) is 22.2. The molecule has 1 atom stereocenters. The molecule has 2 N–H and O–H groups in total. The molecular weight excluding hydrogens is 538 g/mol. The largest absolute Gasteiger partial charge is 0.366 e. The van der Waals surface area contributed by atoms with E-state index in [-0.39, 0.29) is 23.3 Å². The smallest absolute Gasteiger partial charge is 0.253 e. The fourth-order valence-electron chi connectivity index (χ4n) is 5.14. The topological polar surface area (TPSA) is 69.9 Å². The van der Waals surface area contributed by atoms with Crippen molar-refractivity contribution in [2.24, 2.45) is 5.73 Å². The van der Waals surface area contributed by atoms with Crippen molar-refractivity contribution in [3.8, 4) is 0 Å². The maximum atomic E-state index is 15.8. The average Bonchev–Trinajstić information content (AvgIpc) is 2.93. The highest BCUT2D eigenvalue weighted by atomic mass is 35.5. The molecule has 6 nitrogen and oxygen atoms in total. The lowest BCUT2D eigenvalue weighted by molar-refractivity contribution is 0.0772. The Kier molecular flexibility index (Phi) is 9.49. The first kappa shape index (κ1) is 28.9. The van der Waals surface area contributed by atoms with Crippen LogP contribution >= 0.6 is 23.2 Å². The number of hydrogen-bond acceptors (Lipinski definition) is 4. The second-order valence-corrected chi connectivity index (χ2v) is 10.4. The minimum absolute atomic E-state index is 0.0586. The molecule has 1 aliphatic heterocycles. The molecule has 4 rings (SSSR count). The average molecular weight is 572 g/mol. The van der Waals surface area contributed by atoms with E-state index in [1.165, 1.54) is 6.07 Å². The maximum Gasteiger partial charge on any atom is 0.253 e. The van der Waals surface area contributed by atoms with Crippen LogP contribution in [0.1, 0.15) is 59.4 Å². The summed E-state index contributed by atoms with van der Waals surface area (Å²) in [6.45, 7) is 6.41. The van der Waals surface area contributed by atoms with E-state index >= 15 is 4.39 Å². The number of piperidine rings is 1. The maximum absolute atomic E-state index is 15.8. The quantitative estimate of drug-likeness (QED) is 0.305. The zero-order chi connectivity index (χ0) is 28.1. The van der Waals surface area contributed by atoms with Crippen LogP contribution in [0.25, 0.3) is 0 Å². The fraction of sp³-hybridized carbons (Fsp3) is 0.333. The first-order chi connectivity index (χ1) is 18.7. The van der Waals surface area contributed by atoms with Gasteiger partial charge in [-0.25, -0.2) is 4.39 Å². The fourth-order valence-corrected chi connectivity index (χ4v) is 5.61. The number of rotatable bonds is 9. The standard InChI is InChI=1S/C30H33Cl2FN4O2/c1-3-35(4-2)30(39)20-12-15-23(16-13-20)37(26-9-7-8-24(28(26)33)29(34)38)27-10-5-6-17-36(27)19-21-11-14-22(31)18-25(21)32/h7-9,11-16,18,27H,3-6,10,17,19H2,1-2H3,(H2,34,38). The molecule has 1 fully saturated rings. The SMILES string of the molecule is CCN(CC)C(=O)c1ccc(N(c2cccc(C(N)=O)c2F)C2CCCCN2Cc2ccc(Cl)cc2Cl)cc1. The second-order valence-electron chi connectivity index (χ2n) is 9.58. The number of benzene rings is 3. The molecule has 0 spiro atoms. The Hall–Kier alpha value is -3.13. The van der Waals surface area contributed by atoms with Crippen molar-refractivity contribution in [3.63, 3.8) is 0 Å². The van der Waals surface area contributed by atoms with Crippen LogP contribution in [0.3, 0.4) is 0 Å². The van der Waals surface area contributed by atoms with Crippen molar-refractivity contribution >= 4 is 46.4 Å². The van der Waals surface area contributed by atoms with Crippen molar-refractivity contribution in [2.45, 2.75) is 45.8 Å². The lowest BCUT2D eigenvalue weighted by Crippen LogP contribution is -2.49. The molecule has 1 saturated heterocycles. The van der Waals surface area contributed by atoms with Crippen LogP contribution < -0.4 is 10.6 Å². The Morgan fingerprint density at radius 1 is 1.03 bits per heavy atom.